The fourth-order valence-electron chi connectivity index (χ4n) is 1.85. The molecule has 21 heavy (non-hydrogen) atoms. The van der Waals surface area contributed by atoms with E-state index in [2.05, 4.69) is 32.3 Å². The third kappa shape index (κ3) is 5.83. The van der Waals surface area contributed by atoms with E-state index in [1.165, 1.54) is 5.56 Å². The first-order valence-corrected chi connectivity index (χ1v) is 7.58. The van der Waals surface area contributed by atoms with Gasteiger partial charge < -0.3 is 14.8 Å². The van der Waals surface area contributed by atoms with Gasteiger partial charge in [-0.2, -0.15) is 0 Å². The van der Waals surface area contributed by atoms with Crippen LogP contribution < -0.4 is 10.1 Å². The summed E-state index contributed by atoms with van der Waals surface area (Å²) in [4.78, 5) is 4.12. The van der Waals surface area contributed by atoms with Crippen molar-refractivity contribution in [2.24, 2.45) is 0 Å². The molecule has 0 aliphatic rings. The van der Waals surface area contributed by atoms with Crippen LogP contribution in [0.25, 0.3) is 0 Å². The molecule has 0 unspecified atom stereocenters. The number of hydrogen-bond acceptors (Lipinski definition) is 4. The number of pyridine rings is 1. The Morgan fingerprint density at radius 2 is 2.10 bits per heavy atom. The van der Waals surface area contributed by atoms with E-state index in [0.29, 0.717) is 13.2 Å². The maximum Gasteiger partial charge on any atom is 0.120 e. The van der Waals surface area contributed by atoms with Crippen molar-refractivity contribution in [2.45, 2.75) is 13.2 Å². The maximum atomic E-state index is 5.80. The van der Waals surface area contributed by atoms with Gasteiger partial charge in [-0.1, -0.05) is 12.1 Å². The molecule has 112 valence electrons. The first kappa shape index (κ1) is 15.9. The highest BCUT2D eigenvalue weighted by molar-refractivity contribution is 9.10. The molecule has 0 bridgehead atoms. The standard InChI is InChI=1S/C16H19BrN2O2/c1-20-6-5-18-9-13-3-2-4-16(8-13)21-12-14-7-15(17)11-19-10-14/h2-4,7-8,10-11,18H,5-6,9,12H2,1H3. The molecule has 0 atom stereocenters. The predicted molar refractivity (Wildman–Crippen MR) is 86.3 cm³/mol. The highest BCUT2D eigenvalue weighted by Gasteiger charge is 1.99. The Balaban J connectivity index is 1.86. The van der Waals surface area contributed by atoms with Gasteiger partial charge in [0.25, 0.3) is 0 Å². The summed E-state index contributed by atoms with van der Waals surface area (Å²) in [5.74, 6) is 0.862. The summed E-state index contributed by atoms with van der Waals surface area (Å²) in [6.45, 7) is 2.86. The van der Waals surface area contributed by atoms with Crippen molar-refractivity contribution in [3.8, 4) is 5.75 Å². The molecule has 0 saturated carbocycles. The fourth-order valence-corrected chi connectivity index (χ4v) is 2.27. The van der Waals surface area contributed by atoms with Crippen molar-refractivity contribution in [3.63, 3.8) is 0 Å². The van der Waals surface area contributed by atoms with Crippen LogP contribution in [0, 0.1) is 0 Å². The molecular formula is C16H19BrN2O2. The van der Waals surface area contributed by atoms with Crippen LogP contribution in [0.1, 0.15) is 11.1 Å². The van der Waals surface area contributed by atoms with Gasteiger partial charge in [0, 0.05) is 42.6 Å². The molecule has 0 amide bonds. The van der Waals surface area contributed by atoms with E-state index < -0.39 is 0 Å². The lowest BCUT2D eigenvalue weighted by molar-refractivity contribution is 0.199. The van der Waals surface area contributed by atoms with Gasteiger partial charge in [0.15, 0.2) is 0 Å². The van der Waals surface area contributed by atoms with E-state index in [1.54, 1.807) is 19.5 Å². The Morgan fingerprint density at radius 3 is 2.90 bits per heavy atom. The zero-order valence-electron chi connectivity index (χ0n) is 12.0. The van der Waals surface area contributed by atoms with Crippen molar-refractivity contribution in [1.29, 1.82) is 0 Å². The molecule has 0 radical (unpaired) electrons. The number of nitrogens with one attached hydrogen (secondary N) is 1. The quantitative estimate of drug-likeness (QED) is 0.742. The lowest BCUT2D eigenvalue weighted by Gasteiger charge is -2.09. The minimum atomic E-state index is 0.507. The summed E-state index contributed by atoms with van der Waals surface area (Å²) in [6.07, 6.45) is 3.57. The molecule has 1 aromatic heterocycles. The highest BCUT2D eigenvalue weighted by atomic mass is 79.9. The van der Waals surface area contributed by atoms with E-state index in [9.17, 15) is 0 Å². The van der Waals surface area contributed by atoms with Crippen LogP contribution in [0.4, 0.5) is 0 Å². The van der Waals surface area contributed by atoms with Gasteiger partial charge in [0.05, 0.1) is 6.61 Å². The van der Waals surface area contributed by atoms with Crippen LogP contribution in [-0.4, -0.2) is 25.2 Å². The van der Waals surface area contributed by atoms with E-state index >= 15 is 0 Å². The number of nitrogens with zero attached hydrogens (tertiary/aromatic N) is 1. The lowest BCUT2D eigenvalue weighted by atomic mass is 10.2. The topological polar surface area (TPSA) is 43.4 Å². The number of hydrogen-bond donors (Lipinski definition) is 1. The molecule has 2 aromatic rings. The molecule has 0 spiro atoms. The molecule has 5 heteroatoms. The summed E-state index contributed by atoms with van der Waals surface area (Å²) in [5.41, 5.74) is 2.23. The second-order valence-corrected chi connectivity index (χ2v) is 5.53. The number of aromatic nitrogens is 1. The third-order valence-corrected chi connectivity index (χ3v) is 3.31. The third-order valence-electron chi connectivity index (χ3n) is 2.88. The van der Waals surface area contributed by atoms with E-state index in [0.717, 1.165) is 28.9 Å². The fraction of sp³-hybridized carbons (Fsp3) is 0.312. The monoisotopic (exact) mass is 350 g/mol. The molecule has 0 aliphatic heterocycles. The molecule has 0 saturated heterocycles. The zero-order chi connectivity index (χ0) is 14.9. The van der Waals surface area contributed by atoms with E-state index in [-0.39, 0.29) is 0 Å². The molecule has 4 nitrogen and oxygen atoms in total. The second kappa shape index (κ2) is 8.77. The molecule has 0 fully saturated rings. The van der Waals surface area contributed by atoms with Gasteiger partial charge in [0.1, 0.15) is 12.4 Å². The Hall–Kier alpha value is -1.43. The Labute approximate surface area is 133 Å². The minimum absolute atomic E-state index is 0.507. The Kier molecular flexibility index (Phi) is 6.66. The average molecular weight is 351 g/mol. The van der Waals surface area contributed by atoms with E-state index in [4.69, 9.17) is 9.47 Å². The van der Waals surface area contributed by atoms with Gasteiger partial charge >= 0.3 is 0 Å². The van der Waals surface area contributed by atoms with Crippen molar-refractivity contribution in [3.05, 3.63) is 58.3 Å². The number of methoxy groups -OCH3 is 1. The van der Waals surface area contributed by atoms with Crippen LogP contribution in [-0.2, 0) is 17.9 Å². The summed E-state index contributed by atoms with van der Waals surface area (Å²) in [7, 11) is 1.70. The average Bonchev–Trinajstić information content (AvgIpc) is 2.50. The largest absolute Gasteiger partial charge is 0.489 e. The first-order chi connectivity index (χ1) is 10.3. The predicted octanol–water partition coefficient (Wildman–Crippen LogP) is 3.16. The SMILES string of the molecule is COCCNCc1cccc(OCc2cncc(Br)c2)c1. The minimum Gasteiger partial charge on any atom is -0.489 e. The molecular weight excluding hydrogens is 332 g/mol. The highest BCUT2D eigenvalue weighted by Crippen LogP contribution is 2.16. The van der Waals surface area contributed by atoms with Gasteiger partial charge in [0.2, 0.25) is 0 Å². The summed E-state index contributed by atoms with van der Waals surface area (Å²) >= 11 is 3.40. The van der Waals surface area contributed by atoms with Gasteiger partial charge in [-0.25, -0.2) is 0 Å². The van der Waals surface area contributed by atoms with Crippen molar-refractivity contribution in [2.75, 3.05) is 20.3 Å². The van der Waals surface area contributed by atoms with E-state index in [1.807, 2.05) is 24.3 Å². The first-order valence-electron chi connectivity index (χ1n) is 6.79. The van der Waals surface area contributed by atoms with Crippen molar-refractivity contribution < 1.29 is 9.47 Å². The molecule has 1 heterocycles. The van der Waals surface area contributed by atoms with Crippen LogP contribution in [0.15, 0.2) is 47.2 Å². The molecule has 2 rings (SSSR count). The summed E-state index contributed by atoms with van der Waals surface area (Å²) in [6, 6.07) is 10.1. The number of halogens is 1. The van der Waals surface area contributed by atoms with Crippen LogP contribution >= 0.6 is 15.9 Å². The number of ether oxygens (including phenoxy) is 2. The molecule has 1 N–H and O–H groups in total. The van der Waals surface area contributed by atoms with Crippen LogP contribution in [0.5, 0.6) is 5.75 Å². The van der Waals surface area contributed by atoms with Gasteiger partial charge in [-0.3, -0.25) is 4.98 Å². The second-order valence-electron chi connectivity index (χ2n) is 4.62. The normalized spacial score (nSPS) is 10.6. The number of benzene rings is 1. The Morgan fingerprint density at radius 1 is 1.19 bits per heavy atom. The van der Waals surface area contributed by atoms with Crippen LogP contribution in [0.2, 0.25) is 0 Å². The smallest absolute Gasteiger partial charge is 0.120 e. The Bertz CT molecular complexity index is 563. The van der Waals surface area contributed by atoms with Gasteiger partial charge in [-0.05, 0) is 39.7 Å². The molecule has 0 aliphatic carbocycles. The lowest BCUT2D eigenvalue weighted by Crippen LogP contribution is -2.18. The number of rotatable bonds is 8. The van der Waals surface area contributed by atoms with Gasteiger partial charge in [-0.15, -0.1) is 0 Å². The zero-order valence-corrected chi connectivity index (χ0v) is 13.6. The molecule has 1 aromatic carbocycles. The summed E-state index contributed by atoms with van der Waals surface area (Å²) < 4.78 is 11.8. The summed E-state index contributed by atoms with van der Waals surface area (Å²) in [5, 5.41) is 3.31. The maximum absolute atomic E-state index is 5.80. The van der Waals surface area contributed by atoms with Crippen molar-refractivity contribution in [1.82, 2.24) is 10.3 Å². The van der Waals surface area contributed by atoms with Crippen LogP contribution in [0.3, 0.4) is 0 Å². The van der Waals surface area contributed by atoms with Crippen molar-refractivity contribution >= 4 is 15.9 Å².